The molecule has 0 unspecified atom stereocenters. The van der Waals surface area contributed by atoms with Crippen molar-refractivity contribution in [3.63, 3.8) is 0 Å². The number of carbonyl (C=O) groups excluding carboxylic acids is 2. The number of hydrogen-bond donors (Lipinski definition) is 0. The summed E-state index contributed by atoms with van der Waals surface area (Å²) >= 11 is 6.26. The minimum absolute atomic E-state index is 0.0666. The van der Waals surface area contributed by atoms with Gasteiger partial charge in [0.05, 0.1) is 32.2 Å². The minimum Gasteiger partial charge on any atom is -0.328 e. The van der Waals surface area contributed by atoms with Crippen molar-refractivity contribution in [2.24, 2.45) is 7.05 Å². The van der Waals surface area contributed by atoms with Crippen LogP contribution in [-0.4, -0.2) is 20.7 Å². The second-order valence-electron chi connectivity index (χ2n) is 6.20. The number of imide groups is 1. The van der Waals surface area contributed by atoms with Gasteiger partial charge in [0.15, 0.2) is 0 Å². The van der Waals surface area contributed by atoms with E-state index >= 15 is 0 Å². The van der Waals surface area contributed by atoms with E-state index in [-0.39, 0.29) is 10.6 Å². The molecule has 1 saturated heterocycles. The van der Waals surface area contributed by atoms with Crippen LogP contribution in [0.15, 0.2) is 47.4 Å². The molecule has 2 heterocycles. The molecule has 0 bridgehead atoms. The molecule has 4 rings (SSSR count). The Labute approximate surface area is 171 Å². The third-order valence-corrected chi connectivity index (χ3v) is 5.59. The van der Waals surface area contributed by atoms with Gasteiger partial charge in [-0.05, 0) is 42.1 Å². The number of benzene rings is 2. The Kier molecular flexibility index (Phi) is 4.66. The molecule has 3 aromatic rings. The molecular weight excluding hydrogens is 427 g/mol. The quantitative estimate of drug-likeness (QED) is 0.498. The fourth-order valence-electron chi connectivity index (χ4n) is 2.97. The van der Waals surface area contributed by atoms with E-state index in [0.29, 0.717) is 34.1 Å². The molecule has 0 spiro atoms. The average molecular weight is 438 g/mol. The third kappa shape index (κ3) is 3.40. The number of nitrogens with zero attached hydrogens (tertiary/aromatic N) is 3. The summed E-state index contributed by atoms with van der Waals surface area (Å²) in [5.74, 6) is -0.272. The fourth-order valence-corrected chi connectivity index (χ4v) is 4.01. The second-order valence-corrected chi connectivity index (χ2v) is 7.60. The molecule has 1 aromatic heterocycles. The van der Waals surface area contributed by atoms with Crippen molar-refractivity contribution in [3.05, 3.63) is 63.8 Å². The number of alkyl halides is 3. The summed E-state index contributed by atoms with van der Waals surface area (Å²) in [4.78, 5) is 30.3. The van der Waals surface area contributed by atoms with Crippen molar-refractivity contribution in [3.8, 4) is 0 Å². The van der Waals surface area contributed by atoms with E-state index in [0.717, 1.165) is 11.6 Å². The van der Waals surface area contributed by atoms with Gasteiger partial charge in [-0.15, -0.1) is 0 Å². The SMILES string of the molecule is Cn1c(C=C2SC(=O)N(c3ccc(Cl)c(C(F)(F)F)c3)C2=O)nc2ccccc21. The van der Waals surface area contributed by atoms with E-state index in [1.165, 1.54) is 12.1 Å². The first kappa shape index (κ1) is 19.5. The highest BCUT2D eigenvalue weighted by Crippen LogP contribution is 2.40. The molecule has 0 atom stereocenters. The molecule has 29 heavy (non-hydrogen) atoms. The van der Waals surface area contributed by atoms with Gasteiger partial charge in [0.2, 0.25) is 0 Å². The second kappa shape index (κ2) is 6.93. The van der Waals surface area contributed by atoms with Gasteiger partial charge in [-0.1, -0.05) is 23.7 Å². The number of halogens is 4. The third-order valence-electron chi connectivity index (χ3n) is 4.39. The maximum Gasteiger partial charge on any atom is 0.417 e. The van der Waals surface area contributed by atoms with Crippen LogP contribution in [0.3, 0.4) is 0 Å². The van der Waals surface area contributed by atoms with Crippen molar-refractivity contribution in [2.45, 2.75) is 6.18 Å². The number of fused-ring (bicyclic) bond motifs is 1. The zero-order valence-electron chi connectivity index (χ0n) is 14.7. The molecule has 1 aliphatic rings. The molecule has 2 aromatic carbocycles. The maximum atomic E-state index is 13.1. The highest BCUT2D eigenvalue weighted by atomic mass is 35.5. The highest BCUT2D eigenvalue weighted by molar-refractivity contribution is 8.19. The van der Waals surface area contributed by atoms with Crippen LogP contribution in [0.1, 0.15) is 11.4 Å². The van der Waals surface area contributed by atoms with Gasteiger partial charge in [0.25, 0.3) is 11.1 Å². The van der Waals surface area contributed by atoms with Gasteiger partial charge < -0.3 is 4.57 Å². The first-order valence-electron chi connectivity index (χ1n) is 8.23. The van der Waals surface area contributed by atoms with Gasteiger partial charge in [-0.25, -0.2) is 9.88 Å². The molecule has 5 nitrogen and oxygen atoms in total. The topological polar surface area (TPSA) is 55.2 Å². The number of hydrogen-bond acceptors (Lipinski definition) is 4. The van der Waals surface area contributed by atoms with Crippen LogP contribution in [0.4, 0.5) is 23.7 Å². The molecule has 0 saturated carbocycles. The van der Waals surface area contributed by atoms with Crippen LogP contribution in [0.2, 0.25) is 5.02 Å². The molecule has 10 heteroatoms. The van der Waals surface area contributed by atoms with Crippen molar-refractivity contribution >= 4 is 57.3 Å². The van der Waals surface area contributed by atoms with Crippen LogP contribution in [0, 0.1) is 0 Å². The first-order valence-corrected chi connectivity index (χ1v) is 9.42. The predicted molar refractivity (Wildman–Crippen MR) is 106 cm³/mol. The largest absolute Gasteiger partial charge is 0.417 e. The van der Waals surface area contributed by atoms with E-state index in [9.17, 15) is 22.8 Å². The maximum absolute atomic E-state index is 13.1. The molecule has 0 radical (unpaired) electrons. The summed E-state index contributed by atoms with van der Waals surface area (Å²) in [7, 11) is 1.76. The van der Waals surface area contributed by atoms with Gasteiger partial charge in [-0.2, -0.15) is 13.2 Å². The number of thioether (sulfide) groups is 1. The number of amides is 2. The van der Waals surface area contributed by atoms with Crippen LogP contribution < -0.4 is 4.90 Å². The van der Waals surface area contributed by atoms with E-state index in [4.69, 9.17) is 11.6 Å². The van der Waals surface area contributed by atoms with Crippen molar-refractivity contribution in [1.29, 1.82) is 0 Å². The monoisotopic (exact) mass is 437 g/mol. The van der Waals surface area contributed by atoms with Crippen LogP contribution in [0.25, 0.3) is 17.1 Å². The van der Waals surface area contributed by atoms with E-state index in [2.05, 4.69) is 4.98 Å². The summed E-state index contributed by atoms with van der Waals surface area (Å²) in [5.41, 5.74) is 0.242. The molecular formula is C19H11ClF3N3O2S. The predicted octanol–water partition coefficient (Wildman–Crippen LogP) is 5.49. The smallest absolute Gasteiger partial charge is 0.328 e. The van der Waals surface area contributed by atoms with Crippen LogP contribution in [-0.2, 0) is 18.0 Å². The lowest BCUT2D eigenvalue weighted by molar-refractivity contribution is -0.137. The summed E-state index contributed by atoms with van der Waals surface area (Å²) < 4.78 is 41.1. The first-order chi connectivity index (χ1) is 13.7. The Morgan fingerprint density at radius 3 is 2.55 bits per heavy atom. The fraction of sp³-hybridized carbons (Fsp3) is 0.105. The number of aromatic nitrogens is 2. The molecule has 0 aliphatic carbocycles. The van der Waals surface area contributed by atoms with Crippen LogP contribution in [0.5, 0.6) is 0 Å². The number of para-hydroxylation sites is 2. The highest BCUT2D eigenvalue weighted by Gasteiger charge is 2.39. The Bertz CT molecular complexity index is 1200. The Hall–Kier alpha value is -2.78. The summed E-state index contributed by atoms with van der Waals surface area (Å²) in [5, 5.41) is -1.21. The van der Waals surface area contributed by atoms with Crippen molar-refractivity contribution in [1.82, 2.24) is 9.55 Å². The zero-order chi connectivity index (χ0) is 20.9. The summed E-state index contributed by atoms with van der Waals surface area (Å²) in [6.07, 6.45) is -3.26. The minimum atomic E-state index is -4.71. The zero-order valence-corrected chi connectivity index (χ0v) is 16.3. The van der Waals surface area contributed by atoms with Gasteiger partial charge >= 0.3 is 6.18 Å². The Morgan fingerprint density at radius 1 is 1.14 bits per heavy atom. The lowest BCUT2D eigenvalue weighted by atomic mass is 10.1. The Morgan fingerprint density at radius 2 is 1.86 bits per heavy atom. The number of imidazole rings is 1. The molecule has 1 fully saturated rings. The lowest BCUT2D eigenvalue weighted by Crippen LogP contribution is -2.28. The standard InChI is InChI=1S/C19H11ClF3N3O2S/c1-25-14-5-3-2-4-13(14)24-16(25)9-15-17(27)26(18(28)29-15)10-6-7-12(20)11(8-10)19(21,22)23/h2-9H,1H3. The lowest BCUT2D eigenvalue weighted by Gasteiger charge is -2.16. The molecule has 0 N–H and O–H groups in total. The van der Waals surface area contributed by atoms with Crippen LogP contribution >= 0.6 is 23.4 Å². The van der Waals surface area contributed by atoms with Gasteiger partial charge in [-0.3, -0.25) is 9.59 Å². The average Bonchev–Trinajstić information content (AvgIpc) is 3.12. The van der Waals surface area contributed by atoms with Crippen molar-refractivity contribution in [2.75, 3.05) is 4.90 Å². The van der Waals surface area contributed by atoms with Gasteiger partial charge in [0.1, 0.15) is 5.82 Å². The summed E-state index contributed by atoms with van der Waals surface area (Å²) in [6.45, 7) is 0. The van der Waals surface area contributed by atoms with Crippen molar-refractivity contribution < 1.29 is 22.8 Å². The number of aryl methyl sites for hydroxylation is 1. The number of carbonyl (C=O) groups is 2. The Balaban J connectivity index is 1.73. The number of rotatable bonds is 2. The number of anilines is 1. The normalized spacial score (nSPS) is 16.4. The molecule has 2 amide bonds. The molecule has 148 valence electrons. The molecule has 1 aliphatic heterocycles. The van der Waals surface area contributed by atoms with E-state index in [1.807, 2.05) is 24.3 Å². The van der Waals surface area contributed by atoms with Gasteiger partial charge in [0, 0.05) is 13.1 Å². The summed E-state index contributed by atoms with van der Waals surface area (Å²) in [6, 6.07) is 10.2. The van der Waals surface area contributed by atoms with E-state index < -0.39 is 27.9 Å². The van der Waals surface area contributed by atoms with E-state index in [1.54, 1.807) is 11.6 Å².